The summed E-state index contributed by atoms with van der Waals surface area (Å²) in [5, 5.41) is 9.47. The van der Waals surface area contributed by atoms with Gasteiger partial charge in [-0.1, -0.05) is 19.8 Å². The molecule has 0 amide bonds. The van der Waals surface area contributed by atoms with E-state index >= 15 is 0 Å². The van der Waals surface area contributed by atoms with Gasteiger partial charge in [-0.05, 0) is 37.3 Å². The van der Waals surface area contributed by atoms with Crippen LogP contribution in [-0.2, 0) is 10.2 Å². The lowest BCUT2D eigenvalue weighted by atomic mass is 9.84. The zero-order valence-electron chi connectivity index (χ0n) is 10.1. The van der Waals surface area contributed by atoms with E-state index in [0.717, 1.165) is 31.4 Å². The van der Waals surface area contributed by atoms with Gasteiger partial charge >= 0.3 is 5.97 Å². The summed E-state index contributed by atoms with van der Waals surface area (Å²) in [7, 11) is 0. The zero-order chi connectivity index (χ0) is 12.0. The van der Waals surface area contributed by atoms with E-state index in [4.69, 9.17) is 4.42 Å². The molecule has 1 heterocycles. The minimum atomic E-state index is -0.740. The Morgan fingerprint density at radius 2 is 2.06 bits per heavy atom. The molecule has 2 aliphatic rings. The third-order valence-electron chi connectivity index (χ3n) is 4.44. The van der Waals surface area contributed by atoms with Crippen molar-refractivity contribution in [3.8, 4) is 0 Å². The predicted molar refractivity (Wildman–Crippen MR) is 63.0 cm³/mol. The number of hydrogen-bond donors (Lipinski definition) is 1. The number of furan rings is 1. The third kappa shape index (κ3) is 1.60. The van der Waals surface area contributed by atoms with Crippen molar-refractivity contribution in [1.82, 2.24) is 0 Å². The molecule has 3 rings (SSSR count). The summed E-state index contributed by atoms with van der Waals surface area (Å²) in [6.45, 7) is 2.20. The molecule has 0 radical (unpaired) electrons. The average molecular weight is 234 g/mol. The normalized spacial score (nSPS) is 30.4. The quantitative estimate of drug-likeness (QED) is 0.873. The molecule has 2 aliphatic carbocycles. The number of hydrogen-bond acceptors (Lipinski definition) is 2. The van der Waals surface area contributed by atoms with Gasteiger partial charge in [-0.3, -0.25) is 4.79 Å². The fourth-order valence-electron chi connectivity index (χ4n) is 3.07. The molecular formula is C14H18O3. The van der Waals surface area contributed by atoms with Crippen molar-refractivity contribution in [2.45, 2.75) is 50.4 Å². The fourth-order valence-corrected chi connectivity index (χ4v) is 3.07. The molecule has 1 aromatic rings. The largest absolute Gasteiger partial charge is 0.480 e. The van der Waals surface area contributed by atoms with Gasteiger partial charge in [0.25, 0.3) is 0 Å². The van der Waals surface area contributed by atoms with Crippen LogP contribution in [0.25, 0.3) is 0 Å². The Balaban J connectivity index is 1.91. The lowest BCUT2D eigenvalue weighted by Gasteiger charge is -2.20. The van der Waals surface area contributed by atoms with Gasteiger partial charge in [0, 0.05) is 5.92 Å². The van der Waals surface area contributed by atoms with E-state index in [1.54, 1.807) is 0 Å². The van der Waals surface area contributed by atoms with Crippen LogP contribution >= 0.6 is 0 Å². The molecule has 92 valence electrons. The number of aliphatic carboxylic acids is 1. The average Bonchev–Trinajstić information content (AvgIpc) is 2.80. The van der Waals surface area contributed by atoms with E-state index in [2.05, 4.69) is 6.92 Å². The van der Waals surface area contributed by atoms with Crippen molar-refractivity contribution in [1.29, 1.82) is 0 Å². The van der Waals surface area contributed by atoms with Crippen LogP contribution in [0.1, 0.15) is 56.5 Å². The second-order valence-electron chi connectivity index (χ2n) is 5.62. The molecule has 2 saturated carbocycles. The Bertz CT molecular complexity index is 440. The highest BCUT2D eigenvalue weighted by atomic mass is 16.4. The van der Waals surface area contributed by atoms with E-state index in [-0.39, 0.29) is 0 Å². The lowest BCUT2D eigenvalue weighted by Crippen LogP contribution is -2.32. The third-order valence-corrected chi connectivity index (χ3v) is 4.44. The first-order valence-corrected chi connectivity index (χ1v) is 6.47. The summed E-state index contributed by atoms with van der Waals surface area (Å²) in [6.07, 6.45) is 4.59. The summed E-state index contributed by atoms with van der Waals surface area (Å²) < 4.78 is 5.85. The van der Waals surface area contributed by atoms with Gasteiger partial charge in [0.15, 0.2) is 0 Å². The van der Waals surface area contributed by atoms with E-state index in [1.807, 2.05) is 12.1 Å². The molecule has 3 heteroatoms. The maximum Gasteiger partial charge on any atom is 0.317 e. The van der Waals surface area contributed by atoms with Gasteiger partial charge in [0.1, 0.15) is 16.9 Å². The first kappa shape index (κ1) is 10.9. The van der Waals surface area contributed by atoms with Gasteiger partial charge in [0.2, 0.25) is 0 Å². The molecule has 2 fully saturated rings. The van der Waals surface area contributed by atoms with Crippen LogP contribution in [0.2, 0.25) is 0 Å². The van der Waals surface area contributed by atoms with E-state index in [9.17, 15) is 9.90 Å². The monoisotopic (exact) mass is 234 g/mol. The molecule has 1 N–H and O–H groups in total. The highest BCUT2D eigenvalue weighted by Crippen LogP contribution is 2.49. The summed E-state index contributed by atoms with van der Waals surface area (Å²) in [5.41, 5.74) is -0.740. The maximum absolute atomic E-state index is 11.5. The van der Waals surface area contributed by atoms with Crippen LogP contribution in [0.15, 0.2) is 16.5 Å². The smallest absolute Gasteiger partial charge is 0.317 e. The molecule has 2 atom stereocenters. The van der Waals surface area contributed by atoms with Crippen molar-refractivity contribution in [3.05, 3.63) is 23.7 Å². The minimum Gasteiger partial charge on any atom is -0.480 e. The highest BCUT2D eigenvalue weighted by molar-refractivity contribution is 5.80. The molecule has 0 aromatic carbocycles. The number of carbonyl (C=O) groups is 1. The van der Waals surface area contributed by atoms with E-state index in [1.165, 1.54) is 6.42 Å². The molecule has 0 saturated heterocycles. The maximum atomic E-state index is 11.5. The van der Waals surface area contributed by atoms with Crippen molar-refractivity contribution in [2.75, 3.05) is 0 Å². The van der Waals surface area contributed by atoms with Crippen molar-refractivity contribution >= 4 is 5.97 Å². The van der Waals surface area contributed by atoms with Crippen molar-refractivity contribution in [3.63, 3.8) is 0 Å². The van der Waals surface area contributed by atoms with Crippen LogP contribution < -0.4 is 0 Å². The number of rotatable bonds is 3. The highest BCUT2D eigenvalue weighted by Gasteiger charge is 2.46. The second-order valence-corrected chi connectivity index (χ2v) is 5.62. The topological polar surface area (TPSA) is 50.4 Å². The van der Waals surface area contributed by atoms with Crippen LogP contribution in [0.5, 0.6) is 0 Å². The predicted octanol–water partition coefficient (Wildman–Crippen LogP) is 3.30. The van der Waals surface area contributed by atoms with E-state index in [0.29, 0.717) is 17.6 Å². The van der Waals surface area contributed by atoms with Crippen LogP contribution in [0.4, 0.5) is 0 Å². The van der Waals surface area contributed by atoms with Gasteiger partial charge in [0.05, 0.1) is 0 Å². The Labute approximate surface area is 101 Å². The Kier molecular flexibility index (Phi) is 2.32. The Morgan fingerprint density at radius 3 is 2.59 bits per heavy atom. The Morgan fingerprint density at radius 1 is 1.41 bits per heavy atom. The summed E-state index contributed by atoms with van der Waals surface area (Å²) in [6, 6.07) is 3.87. The summed E-state index contributed by atoms with van der Waals surface area (Å²) in [5.74, 6) is 2.16. The molecule has 3 nitrogen and oxygen atoms in total. The summed E-state index contributed by atoms with van der Waals surface area (Å²) in [4.78, 5) is 11.5. The first-order valence-electron chi connectivity index (χ1n) is 6.47. The molecule has 0 spiro atoms. The molecular weight excluding hydrogens is 216 g/mol. The van der Waals surface area contributed by atoms with Crippen LogP contribution in [0, 0.1) is 5.92 Å². The first-order chi connectivity index (χ1) is 8.13. The van der Waals surface area contributed by atoms with Gasteiger partial charge < -0.3 is 9.52 Å². The van der Waals surface area contributed by atoms with Crippen LogP contribution in [0.3, 0.4) is 0 Å². The minimum absolute atomic E-state index is 0.524. The lowest BCUT2D eigenvalue weighted by molar-refractivity contribution is -0.144. The van der Waals surface area contributed by atoms with Crippen molar-refractivity contribution < 1.29 is 14.3 Å². The van der Waals surface area contributed by atoms with Gasteiger partial charge in [-0.2, -0.15) is 0 Å². The van der Waals surface area contributed by atoms with Gasteiger partial charge in [-0.15, -0.1) is 0 Å². The standard InChI is InChI=1S/C14H18O3/c1-9-8-10(9)11-4-5-12(17-11)14(13(15)16)6-2-3-7-14/h4-5,9-10H,2-3,6-8H2,1H3,(H,15,16). The molecule has 0 aliphatic heterocycles. The van der Waals surface area contributed by atoms with Gasteiger partial charge in [-0.25, -0.2) is 0 Å². The van der Waals surface area contributed by atoms with Crippen LogP contribution in [-0.4, -0.2) is 11.1 Å². The summed E-state index contributed by atoms with van der Waals surface area (Å²) >= 11 is 0. The molecule has 2 unspecified atom stereocenters. The van der Waals surface area contributed by atoms with Crippen molar-refractivity contribution in [2.24, 2.45) is 5.92 Å². The van der Waals surface area contributed by atoms with E-state index < -0.39 is 11.4 Å². The molecule has 17 heavy (non-hydrogen) atoms. The zero-order valence-corrected chi connectivity index (χ0v) is 10.1. The SMILES string of the molecule is CC1CC1c1ccc(C2(C(=O)O)CCCC2)o1. The second kappa shape index (κ2) is 3.62. The molecule has 1 aromatic heterocycles. The number of carboxylic acids is 1. The molecule has 0 bridgehead atoms. The number of carboxylic acid groups (broad SMARTS) is 1. The Hall–Kier alpha value is -1.25. The fraction of sp³-hybridized carbons (Fsp3) is 0.643.